The molecule has 0 aromatic heterocycles. The Bertz CT molecular complexity index is 148. The highest BCUT2D eigenvalue weighted by atomic mass is 31.2. The number of hydrogen-bond acceptors (Lipinski definition) is 2. The van der Waals surface area contributed by atoms with E-state index in [4.69, 9.17) is 15.5 Å². The van der Waals surface area contributed by atoms with E-state index in [0.717, 1.165) is 0 Å². The van der Waals surface area contributed by atoms with Gasteiger partial charge in [-0.15, -0.1) is 0 Å². The van der Waals surface area contributed by atoms with Gasteiger partial charge in [0.15, 0.2) is 0 Å². The molecular weight excluding hydrogens is 141 g/mol. The molecule has 0 spiro atoms. The summed E-state index contributed by atoms with van der Waals surface area (Å²) >= 11 is 0. The van der Waals surface area contributed by atoms with E-state index in [1.807, 2.05) is 0 Å². The smallest absolute Gasteiger partial charge is 0.328 e. The Morgan fingerprint density at radius 2 is 1.89 bits per heavy atom. The molecule has 0 aliphatic heterocycles. The molecule has 0 aromatic rings. The fraction of sp³-hybridized carbons (Fsp3) is 1.00. The van der Waals surface area contributed by atoms with Crippen molar-refractivity contribution in [2.75, 3.05) is 0 Å². The summed E-state index contributed by atoms with van der Waals surface area (Å²) in [5.41, 5.74) is 4.87. The van der Waals surface area contributed by atoms with Gasteiger partial charge in [-0.2, -0.15) is 0 Å². The van der Waals surface area contributed by atoms with Crippen molar-refractivity contribution in [3.63, 3.8) is 0 Å². The third-order valence-electron chi connectivity index (χ3n) is 1.63. The summed E-state index contributed by atoms with van der Waals surface area (Å²) in [5.74, 6) is 0. The third kappa shape index (κ3) is 1.52. The van der Waals surface area contributed by atoms with Crippen molar-refractivity contribution >= 4 is 7.60 Å². The van der Waals surface area contributed by atoms with Crippen LogP contribution in [-0.2, 0) is 4.57 Å². The molecule has 4 nitrogen and oxygen atoms in total. The normalized spacial score (nSPS) is 35.9. The van der Waals surface area contributed by atoms with Gasteiger partial charge in [-0.1, -0.05) is 0 Å². The first kappa shape index (κ1) is 7.22. The molecule has 1 fully saturated rings. The van der Waals surface area contributed by atoms with Crippen LogP contribution in [0.5, 0.6) is 0 Å². The van der Waals surface area contributed by atoms with E-state index in [9.17, 15) is 4.57 Å². The molecule has 0 aromatic carbocycles. The first-order valence-corrected chi connectivity index (χ1v) is 4.49. The van der Waals surface area contributed by atoms with Crippen molar-refractivity contribution in [1.82, 2.24) is 0 Å². The molecule has 9 heavy (non-hydrogen) atoms. The average molecular weight is 151 g/mol. The van der Waals surface area contributed by atoms with Crippen LogP contribution < -0.4 is 5.73 Å². The Morgan fingerprint density at radius 3 is 2.00 bits per heavy atom. The fourth-order valence-corrected chi connectivity index (χ4v) is 2.00. The van der Waals surface area contributed by atoms with Crippen molar-refractivity contribution in [2.45, 2.75) is 24.5 Å². The van der Waals surface area contributed by atoms with Crippen LogP contribution in [0.1, 0.15) is 12.8 Å². The molecule has 1 rings (SSSR count). The van der Waals surface area contributed by atoms with Gasteiger partial charge >= 0.3 is 7.60 Å². The van der Waals surface area contributed by atoms with E-state index in [1.54, 1.807) is 0 Å². The molecule has 1 aliphatic rings. The molecule has 0 amide bonds. The summed E-state index contributed by atoms with van der Waals surface area (Å²) in [7, 11) is -3.79. The number of nitrogens with two attached hydrogens (primary N) is 1. The molecule has 1 saturated carbocycles. The Morgan fingerprint density at radius 1 is 1.44 bits per heavy atom. The Balaban J connectivity index is 2.41. The van der Waals surface area contributed by atoms with Gasteiger partial charge in [0.25, 0.3) is 0 Å². The zero-order chi connectivity index (χ0) is 7.07. The van der Waals surface area contributed by atoms with Crippen molar-refractivity contribution in [2.24, 2.45) is 5.73 Å². The molecule has 0 atom stereocenters. The van der Waals surface area contributed by atoms with Crippen LogP contribution in [0, 0.1) is 0 Å². The van der Waals surface area contributed by atoms with E-state index >= 15 is 0 Å². The molecular formula is C4H10NO3P. The highest BCUT2D eigenvalue weighted by Crippen LogP contribution is 2.50. The summed E-state index contributed by atoms with van der Waals surface area (Å²) in [4.78, 5) is 17.0. The molecule has 0 unspecified atom stereocenters. The molecule has 4 N–H and O–H groups in total. The van der Waals surface area contributed by atoms with Crippen LogP contribution in [0.4, 0.5) is 0 Å². The largest absolute Gasteiger partial charge is 0.328 e. The lowest BCUT2D eigenvalue weighted by molar-refractivity contribution is 0.307. The quantitative estimate of drug-likeness (QED) is 0.447. The molecule has 0 bridgehead atoms. The van der Waals surface area contributed by atoms with E-state index in [-0.39, 0.29) is 6.04 Å². The second-order valence-corrected chi connectivity index (χ2v) is 4.38. The van der Waals surface area contributed by atoms with Crippen LogP contribution in [0.15, 0.2) is 0 Å². The highest BCUT2D eigenvalue weighted by molar-refractivity contribution is 7.52. The molecule has 5 heteroatoms. The van der Waals surface area contributed by atoms with Crippen LogP contribution in [0.3, 0.4) is 0 Å². The molecule has 1 aliphatic carbocycles. The first-order valence-electron chi connectivity index (χ1n) is 2.81. The number of rotatable bonds is 1. The van der Waals surface area contributed by atoms with Gasteiger partial charge in [-0.05, 0) is 12.8 Å². The summed E-state index contributed by atoms with van der Waals surface area (Å²) in [5, 5.41) is 0. The minimum atomic E-state index is -3.79. The monoisotopic (exact) mass is 151 g/mol. The standard InChI is InChI=1S/C4H10NO3P/c5-3-1-4(2-3)9(6,7)8/h3-4H,1-2,5H2,(H2,6,7,8). The van der Waals surface area contributed by atoms with Gasteiger partial charge in [-0.25, -0.2) is 0 Å². The maximum absolute atomic E-state index is 10.4. The Hall–Kier alpha value is 0.110. The summed E-state index contributed by atoms with van der Waals surface area (Å²) in [6.45, 7) is 0. The molecule has 0 radical (unpaired) electrons. The van der Waals surface area contributed by atoms with E-state index < -0.39 is 13.3 Å². The molecule has 0 heterocycles. The summed E-state index contributed by atoms with van der Waals surface area (Å²) in [6.07, 6.45) is 0.953. The summed E-state index contributed by atoms with van der Waals surface area (Å²) < 4.78 is 10.4. The van der Waals surface area contributed by atoms with Crippen LogP contribution in [-0.4, -0.2) is 21.5 Å². The second-order valence-electron chi connectivity index (χ2n) is 2.47. The van der Waals surface area contributed by atoms with Crippen molar-refractivity contribution in [3.8, 4) is 0 Å². The molecule has 0 saturated heterocycles. The SMILES string of the molecule is NC1CC(P(=O)(O)O)C1. The number of hydrogen-bond donors (Lipinski definition) is 3. The lowest BCUT2D eigenvalue weighted by atomic mass is 9.93. The average Bonchev–Trinajstić information content (AvgIpc) is 1.55. The Kier molecular flexibility index (Phi) is 1.65. The lowest BCUT2D eigenvalue weighted by Gasteiger charge is -2.32. The molecule has 54 valence electrons. The minimum Gasteiger partial charge on any atom is -0.328 e. The van der Waals surface area contributed by atoms with Crippen molar-refractivity contribution < 1.29 is 14.4 Å². The van der Waals surface area contributed by atoms with Gasteiger partial charge in [-0.3, -0.25) is 4.57 Å². The maximum atomic E-state index is 10.4. The first-order chi connectivity index (χ1) is 4.00. The van der Waals surface area contributed by atoms with Gasteiger partial charge in [0, 0.05) is 6.04 Å². The Labute approximate surface area is 53.2 Å². The highest BCUT2D eigenvalue weighted by Gasteiger charge is 2.38. The zero-order valence-electron chi connectivity index (χ0n) is 4.90. The van der Waals surface area contributed by atoms with Crippen molar-refractivity contribution in [1.29, 1.82) is 0 Å². The topological polar surface area (TPSA) is 83.6 Å². The predicted molar refractivity (Wildman–Crippen MR) is 33.0 cm³/mol. The fourth-order valence-electron chi connectivity index (χ4n) is 0.905. The van der Waals surface area contributed by atoms with Crippen LogP contribution in [0.2, 0.25) is 0 Å². The third-order valence-corrected chi connectivity index (χ3v) is 3.00. The minimum absolute atomic E-state index is 0.0163. The lowest BCUT2D eigenvalue weighted by Crippen LogP contribution is -2.39. The van der Waals surface area contributed by atoms with Crippen molar-refractivity contribution in [3.05, 3.63) is 0 Å². The van der Waals surface area contributed by atoms with Gasteiger partial charge < -0.3 is 15.5 Å². The zero-order valence-corrected chi connectivity index (χ0v) is 5.79. The maximum Gasteiger partial charge on any atom is 0.328 e. The van der Waals surface area contributed by atoms with E-state index in [0.29, 0.717) is 12.8 Å². The van der Waals surface area contributed by atoms with Gasteiger partial charge in [0.2, 0.25) is 0 Å². The van der Waals surface area contributed by atoms with Gasteiger partial charge in [0.05, 0.1) is 5.66 Å². The van der Waals surface area contributed by atoms with E-state index in [2.05, 4.69) is 0 Å². The second kappa shape index (κ2) is 2.06. The van der Waals surface area contributed by atoms with Crippen LogP contribution in [0.25, 0.3) is 0 Å². The van der Waals surface area contributed by atoms with E-state index in [1.165, 1.54) is 0 Å². The van der Waals surface area contributed by atoms with Crippen LogP contribution >= 0.6 is 7.60 Å². The summed E-state index contributed by atoms with van der Waals surface area (Å²) in [6, 6.07) is 0.0163. The predicted octanol–water partition coefficient (Wildman–Crippen LogP) is -0.346. The van der Waals surface area contributed by atoms with Gasteiger partial charge in [0.1, 0.15) is 0 Å².